The largest absolute Gasteiger partial charge is 0.281 e. The van der Waals surface area contributed by atoms with E-state index in [0.29, 0.717) is 6.42 Å². The van der Waals surface area contributed by atoms with Gasteiger partial charge in [0.05, 0.1) is 0 Å². The van der Waals surface area contributed by atoms with E-state index in [9.17, 15) is 4.79 Å². The van der Waals surface area contributed by atoms with Gasteiger partial charge in [-0.05, 0) is 22.4 Å². The summed E-state index contributed by atoms with van der Waals surface area (Å²) in [6, 6.07) is 0. The van der Waals surface area contributed by atoms with Crippen LogP contribution in [0.15, 0.2) is 0 Å². The minimum atomic E-state index is -0.245. The molecule has 0 fully saturated rings. The first kappa shape index (κ1) is 11.0. The molecule has 0 amide bonds. The molecule has 0 aromatic carbocycles. The molecule has 0 radical (unpaired) electrons. The third-order valence-electron chi connectivity index (χ3n) is 2.61. The van der Waals surface area contributed by atoms with Gasteiger partial charge in [0.1, 0.15) is 0 Å². The summed E-state index contributed by atoms with van der Waals surface area (Å²) in [5.74, 6) is 0. The average molecular weight is 177 g/mol. The van der Waals surface area contributed by atoms with Crippen LogP contribution in [0.5, 0.6) is 0 Å². The van der Waals surface area contributed by atoms with Crippen LogP contribution < -0.4 is 0 Å². The fraction of sp³-hybridized carbons (Fsp3) is 0.889. The Labute approximate surface area is 74.1 Å². The Morgan fingerprint density at radius 2 is 1.55 bits per heavy atom. The van der Waals surface area contributed by atoms with Crippen LogP contribution in [-0.4, -0.2) is 5.24 Å². The quantitative estimate of drug-likeness (QED) is 0.591. The van der Waals surface area contributed by atoms with Gasteiger partial charge in [0.15, 0.2) is 0 Å². The van der Waals surface area contributed by atoms with Gasteiger partial charge < -0.3 is 0 Å². The molecular formula is C9H17ClO. The normalized spacial score (nSPS) is 13.3. The Morgan fingerprint density at radius 3 is 1.64 bits per heavy atom. The standard InChI is InChI=1S/C9H17ClO/c1-8(2,3)9(4,5)6-7(10)11/h6H2,1-5H3. The minimum absolute atomic E-state index is 0.0220. The summed E-state index contributed by atoms with van der Waals surface area (Å²) in [5.41, 5.74) is 0.101. The van der Waals surface area contributed by atoms with Crippen LogP contribution in [0, 0.1) is 10.8 Å². The maximum atomic E-state index is 10.7. The first-order valence-corrected chi connectivity index (χ1v) is 4.23. The predicted octanol–water partition coefficient (Wildman–Crippen LogP) is 3.21. The Balaban J connectivity index is 4.34. The van der Waals surface area contributed by atoms with Gasteiger partial charge in [-0.25, -0.2) is 0 Å². The van der Waals surface area contributed by atoms with Crippen LogP contribution in [0.4, 0.5) is 0 Å². The van der Waals surface area contributed by atoms with Crippen molar-refractivity contribution < 1.29 is 4.79 Å². The Hall–Kier alpha value is -0.0400. The van der Waals surface area contributed by atoms with E-state index in [4.69, 9.17) is 11.6 Å². The Bertz CT molecular complexity index is 153. The molecule has 0 aromatic heterocycles. The summed E-state index contributed by atoms with van der Waals surface area (Å²) in [7, 11) is 0. The highest BCUT2D eigenvalue weighted by atomic mass is 35.5. The topological polar surface area (TPSA) is 17.1 Å². The molecule has 0 aliphatic carbocycles. The minimum Gasteiger partial charge on any atom is -0.281 e. The molecule has 0 rings (SSSR count). The van der Waals surface area contributed by atoms with Crippen LogP contribution in [0.3, 0.4) is 0 Å². The fourth-order valence-electron chi connectivity index (χ4n) is 0.613. The summed E-state index contributed by atoms with van der Waals surface area (Å²) in [6.45, 7) is 10.5. The van der Waals surface area contributed by atoms with Crippen molar-refractivity contribution in [3.63, 3.8) is 0 Å². The Kier molecular flexibility index (Phi) is 3.13. The summed E-state index contributed by atoms with van der Waals surface area (Å²) in [4.78, 5) is 10.7. The van der Waals surface area contributed by atoms with E-state index in [1.165, 1.54) is 0 Å². The average Bonchev–Trinajstić information content (AvgIpc) is 1.56. The maximum Gasteiger partial charge on any atom is 0.222 e. The smallest absolute Gasteiger partial charge is 0.222 e. The van der Waals surface area contributed by atoms with Gasteiger partial charge in [0, 0.05) is 6.42 Å². The van der Waals surface area contributed by atoms with Crippen LogP contribution in [0.1, 0.15) is 41.0 Å². The SMILES string of the molecule is CC(C)(C)C(C)(C)CC(=O)Cl. The van der Waals surface area contributed by atoms with Gasteiger partial charge in [-0.1, -0.05) is 34.6 Å². The summed E-state index contributed by atoms with van der Waals surface area (Å²) < 4.78 is 0. The highest BCUT2D eigenvalue weighted by Gasteiger charge is 2.34. The lowest BCUT2D eigenvalue weighted by Crippen LogP contribution is -2.31. The van der Waals surface area contributed by atoms with Crippen molar-refractivity contribution >= 4 is 16.8 Å². The molecule has 0 unspecified atom stereocenters. The van der Waals surface area contributed by atoms with E-state index < -0.39 is 0 Å². The molecule has 0 bridgehead atoms. The van der Waals surface area contributed by atoms with Gasteiger partial charge >= 0.3 is 0 Å². The van der Waals surface area contributed by atoms with Crippen LogP contribution in [0.2, 0.25) is 0 Å². The zero-order chi connectivity index (χ0) is 9.28. The second-order valence-corrected chi connectivity index (χ2v) is 5.09. The molecule has 11 heavy (non-hydrogen) atoms. The van der Waals surface area contributed by atoms with E-state index in [1.54, 1.807) is 0 Å². The van der Waals surface area contributed by atoms with Gasteiger partial charge in [0.25, 0.3) is 0 Å². The van der Waals surface area contributed by atoms with E-state index >= 15 is 0 Å². The molecule has 66 valence electrons. The van der Waals surface area contributed by atoms with E-state index in [1.807, 2.05) is 0 Å². The van der Waals surface area contributed by atoms with Crippen molar-refractivity contribution in [3.8, 4) is 0 Å². The van der Waals surface area contributed by atoms with Gasteiger partial charge in [-0.3, -0.25) is 4.79 Å². The van der Waals surface area contributed by atoms with Gasteiger partial charge in [-0.2, -0.15) is 0 Å². The molecule has 1 nitrogen and oxygen atoms in total. The van der Waals surface area contributed by atoms with Crippen molar-refractivity contribution in [3.05, 3.63) is 0 Å². The lowest BCUT2D eigenvalue weighted by Gasteiger charge is -2.37. The van der Waals surface area contributed by atoms with Gasteiger partial charge in [0.2, 0.25) is 5.24 Å². The Morgan fingerprint density at radius 1 is 1.18 bits per heavy atom. The lowest BCUT2D eigenvalue weighted by molar-refractivity contribution is -0.114. The predicted molar refractivity (Wildman–Crippen MR) is 48.7 cm³/mol. The van der Waals surface area contributed by atoms with Crippen LogP contribution in [0.25, 0.3) is 0 Å². The number of hydrogen-bond acceptors (Lipinski definition) is 1. The molecule has 0 aliphatic heterocycles. The summed E-state index contributed by atoms with van der Waals surface area (Å²) >= 11 is 5.33. The van der Waals surface area contributed by atoms with Crippen molar-refractivity contribution in [2.45, 2.75) is 41.0 Å². The molecule has 0 aromatic rings. The van der Waals surface area contributed by atoms with Crippen molar-refractivity contribution in [1.82, 2.24) is 0 Å². The zero-order valence-electron chi connectivity index (χ0n) is 7.99. The monoisotopic (exact) mass is 176 g/mol. The van der Waals surface area contributed by atoms with E-state index in [2.05, 4.69) is 34.6 Å². The van der Waals surface area contributed by atoms with Crippen molar-refractivity contribution in [2.24, 2.45) is 10.8 Å². The van der Waals surface area contributed by atoms with Gasteiger partial charge in [-0.15, -0.1) is 0 Å². The first-order valence-electron chi connectivity index (χ1n) is 3.85. The third kappa shape index (κ3) is 3.24. The molecule has 0 spiro atoms. The number of hydrogen-bond donors (Lipinski definition) is 0. The molecule has 0 atom stereocenters. The van der Waals surface area contributed by atoms with Crippen molar-refractivity contribution in [2.75, 3.05) is 0 Å². The number of carbonyl (C=O) groups is 1. The second-order valence-electron chi connectivity index (χ2n) is 4.67. The maximum absolute atomic E-state index is 10.7. The lowest BCUT2D eigenvalue weighted by atomic mass is 9.68. The first-order chi connectivity index (χ1) is 4.67. The molecule has 2 heteroatoms. The summed E-state index contributed by atoms with van der Waals surface area (Å²) in [6.07, 6.45) is 0.443. The molecule has 0 N–H and O–H groups in total. The number of halogens is 1. The van der Waals surface area contributed by atoms with Crippen LogP contribution >= 0.6 is 11.6 Å². The zero-order valence-corrected chi connectivity index (χ0v) is 8.75. The molecular weight excluding hydrogens is 160 g/mol. The van der Waals surface area contributed by atoms with E-state index in [-0.39, 0.29) is 16.1 Å². The second kappa shape index (κ2) is 3.14. The third-order valence-corrected chi connectivity index (χ3v) is 2.74. The highest BCUT2D eigenvalue weighted by Crippen LogP contribution is 2.40. The number of carbonyl (C=O) groups excluding carboxylic acids is 1. The molecule has 0 heterocycles. The van der Waals surface area contributed by atoms with E-state index in [0.717, 1.165) is 0 Å². The molecule has 0 saturated carbocycles. The molecule has 0 saturated heterocycles. The summed E-state index contributed by atoms with van der Waals surface area (Å²) in [5, 5.41) is -0.245. The highest BCUT2D eigenvalue weighted by molar-refractivity contribution is 6.63. The number of rotatable bonds is 2. The fourth-order valence-corrected chi connectivity index (χ4v) is 0.947. The van der Waals surface area contributed by atoms with Crippen molar-refractivity contribution in [1.29, 1.82) is 0 Å². The molecule has 0 aliphatic rings. The van der Waals surface area contributed by atoms with Crippen LogP contribution in [-0.2, 0) is 4.79 Å².